The van der Waals surface area contributed by atoms with Gasteiger partial charge in [0.15, 0.2) is 0 Å². The molecule has 1 heterocycles. The zero-order chi connectivity index (χ0) is 78.2. The largest absolute Gasteiger partial charge is 0.465 e. The number of fused-ring (bicyclic) bond motifs is 3. The van der Waals surface area contributed by atoms with Crippen LogP contribution >= 0.6 is 0 Å². The number of hydrogen-bond acceptors (Lipinski definition) is 15. The first-order valence-corrected chi connectivity index (χ1v) is 36.7. The Bertz CT molecular complexity index is 3610. The maximum atomic E-state index is 15.1. The molecule has 27 heteroatoms. The zero-order valence-electron chi connectivity index (χ0n) is 63.9. The summed E-state index contributed by atoms with van der Waals surface area (Å²) in [5.41, 5.74) is 11.2. The third-order valence-corrected chi connectivity index (χ3v) is 20.3. The summed E-state index contributed by atoms with van der Waals surface area (Å²) in [6.07, 6.45) is -2.31. The molecule has 12 atom stereocenters. The predicted octanol–water partition coefficient (Wildman–Crippen LogP) is 8.72. The number of likely N-dealkylation sites (tertiary alicyclic amines) is 1. The van der Waals surface area contributed by atoms with Crippen LogP contribution in [-0.4, -0.2) is 205 Å². The maximum Gasteiger partial charge on any atom is 0.410 e. The summed E-state index contributed by atoms with van der Waals surface area (Å²) in [4.78, 5) is 145. The van der Waals surface area contributed by atoms with Crippen LogP contribution < -0.4 is 37.6 Å². The molecule has 1 aliphatic heterocycles. The Balaban J connectivity index is 1.17. The number of urea groups is 1. The molecule has 1 fully saturated rings. The number of aliphatic hydroxyl groups excluding tert-OH is 1. The van der Waals surface area contributed by atoms with Crippen LogP contribution in [0.15, 0.2) is 110 Å². The van der Waals surface area contributed by atoms with Crippen molar-refractivity contribution in [2.75, 3.05) is 66.5 Å². The van der Waals surface area contributed by atoms with Crippen molar-refractivity contribution < 1.29 is 77.1 Å². The number of carbonyl (C=O) groups excluding carboxylic acids is 9. The fourth-order valence-electron chi connectivity index (χ4n) is 14.3. The number of carboxylic acid groups (broad SMARTS) is 1. The molecular weight excluding hydrogens is 1360 g/mol. The van der Waals surface area contributed by atoms with E-state index in [9.17, 15) is 53.4 Å². The van der Waals surface area contributed by atoms with Crippen molar-refractivity contribution in [3.63, 3.8) is 0 Å². The summed E-state index contributed by atoms with van der Waals surface area (Å²) < 4.78 is 23.2. The molecule has 3 unspecified atom stereocenters. The summed E-state index contributed by atoms with van der Waals surface area (Å²) >= 11 is 0. The molecule has 580 valence electrons. The number of rotatable bonds is 39. The van der Waals surface area contributed by atoms with Crippen LogP contribution in [0.1, 0.15) is 148 Å². The van der Waals surface area contributed by atoms with Crippen molar-refractivity contribution in [2.45, 2.75) is 187 Å². The smallest absolute Gasteiger partial charge is 0.410 e. The van der Waals surface area contributed by atoms with Crippen molar-refractivity contribution in [1.29, 1.82) is 0 Å². The Kier molecular flexibility index (Phi) is 32.8. The highest BCUT2D eigenvalue weighted by atomic mass is 16.6. The zero-order valence-corrected chi connectivity index (χ0v) is 63.9. The molecule has 27 nitrogen and oxygen atoms in total. The molecule has 11 amide bonds. The number of anilines is 1. The standard InChI is InChI=1S/C79H113N11O16/c1-16-41-105-79(102)87(12)44-54-42-55(83-72(94)61(33-25-38-81-76(80)98)84-73(95)65(46(3)4)86-77(99)106-45-60-58-31-23-21-29-56(58)57-30-22-24-32-59(57)60)36-35-52(54)37-40-90(78(100)101)67(48(7)8)74(96)85-66(47(5)6)75(97)88(13)68(49(9)17-2)63(103-14)43-64(91)89-39-26-34-62(89)70(104-15)50(10)71(93)82-51(11)69(92)53-27-19-18-20-28-53/h16,18-24,27-32,35-36,42,46-51,60-63,65-70,92H,1,17,25-26,33-34,37-41,43-45H2,2-15H3,(H,82,93)(H,83,94)(H,84,95)(H,85,96)(H,86,99)(H,100,101)(H3,80,81,98)/t49-,50+,51+,61-,62-,63+,65-,66?,67?,68?,69+,70+/m0/s1. The number of nitrogens with two attached hydrogens (primary N) is 1. The lowest BCUT2D eigenvalue weighted by Crippen LogP contribution is -2.60. The van der Waals surface area contributed by atoms with Crippen molar-refractivity contribution in [3.8, 4) is 11.1 Å². The average Bonchev–Trinajstić information content (AvgIpc) is 1.61. The van der Waals surface area contributed by atoms with Crippen LogP contribution in [0.3, 0.4) is 0 Å². The molecule has 1 saturated heterocycles. The highest BCUT2D eigenvalue weighted by molar-refractivity contribution is 5.98. The predicted molar refractivity (Wildman–Crippen MR) is 403 cm³/mol. The van der Waals surface area contributed by atoms with Gasteiger partial charge in [-0.1, -0.05) is 166 Å². The Morgan fingerprint density at radius 1 is 0.726 bits per heavy atom. The second kappa shape index (κ2) is 40.8. The third-order valence-electron chi connectivity index (χ3n) is 20.3. The van der Waals surface area contributed by atoms with Crippen LogP contribution in [-0.2, 0) is 60.7 Å². The van der Waals surface area contributed by atoms with Crippen molar-refractivity contribution in [3.05, 3.63) is 138 Å². The van der Waals surface area contributed by atoms with E-state index in [0.29, 0.717) is 42.5 Å². The molecule has 2 aliphatic rings. The van der Waals surface area contributed by atoms with Gasteiger partial charge in [-0.05, 0) is 114 Å². The topological polar surface area (TPSA) is 359 Å². The third kappa shape index (κ3) is 22.7. The molecule has 10 N–H and O–H groups in total. The fourth-order valence-corrected chi connectivity index (χ4v) is 14.3. The van der Waals surface area contributed by atoms with Crippen molar-refractivity contribution in [2.24, 2.45) is 35.3 Å². The highest BCUT2D eigenvalue weighted by Crippen LogP contribution is 2.44. The van der Waals surface area contributed by atoms with Gasteiger partial charge in [-0.2, -0.15) is 0 Å². The lowest BCUT2D eigenvalue weighted by molar-refractivity contribution is -0.148. The van der Waals surface area contributed by atoms with Gasteiger partial charge in [0.1, 0.15) is 37.4 Å². The Morgan fingerprint density at radius 2 is 1.36 bits per heavy atom. The fraction of sp³-hybridized carbons (Fsp3) is 0.544. The minimum Gasteiger partial charge on any atom is -0.465 e. The van der Waals surface area contributed by atoms with E-state index in [2.05, 4.69) is 38.5 Å². The van der Waals surface area contributed by atoms with Gasteiger partial charge in [0.2, 0.25) is 35.4 Å². The Hall–Kier alpha value is -9.60. The van der Waals surface area contributed by atoms with Gasteiger partial charge in [0, 0.05) is 66.1 Å². The molecule has 0 saturated carbocycles. The lowest BCUT2D eigenvalue weighted by atomic mass is 9.89. The number of likely N-dealkylation sites (N-methyl/N-ethyl adjacent to an activating group) is 1. The highest BCUT2D eigenvalue weighted by Gasteiger charge is 2.45. The molecule has 1 aliphatic carbocycles. The van der Waals surface area contributed by atoms with E-state index in [1.807, 2.05) is 80.6 Å². The number of hydrogen-bond donors (Lipinski definition) is 9. The number of carbonyl (C=O) groups is 10. The Morgan fingerprint density at radius 3 is 1.93 bits per heavy atom. The van der Waals surface area contributed by atoms with Crippen LogP contribution in [0, 0.1) is 29.6 Å². The summed E-state index contributed by atoms with van der Waals surface area (Å²) in [7, 11) is 6.06. The number of nitrogens with one attached hydrogen (secondary N) is 6. The van der Waals surface area contributed by atoms with E-state index < -0.39 is 132 Å². The van der Waals surface area contributed by atoms with Crippen LogP contribution in [0.25, 0.3) is 11.1 Å². The second-order valence-electron chi connectivity index (χ2n) is 28.8. The average molecular weight is 1470 g/mol. The SMILES string of the molecule is C=CCOC(=O)N(C)Cc1cc(NC(=O)[C@H](CCCNC(N)=O)NC(=O)[C@@H](NC(=O)OCC2c3ccccc3-c3ccccc32)C(C)C)ccc1CCN(C(=O)O)C(C(=O)NC(C(=O)N(C)C([C@@H](C)CC)[C@@H](CC(=O)N1CCC[C@H]1[C@H](OC)[C@@H](C)C(=O)N[C@H](C)[C@@H](O)c1ccccc1)OC)C(C)C)C(C)C. The van der Waals surface area contributed by atoms with Gasteiger partial charge in [0.05, 0.1) is 48.8 Å². The first kappa shape index (κ1) is 85.3. The lowest BCUT2D eigenvalue weighted by Gasteiger charge is -2.41. The molecule has 106 heavy (non-hydrogen) atoms. The minimum atomic E-state index is -1.44. The number of methoxy groups -OCH3 is 2. The van der Waals surface area contributed by atoms with Gasteiger partial charge in [-0.25, -0.2) is 19.2 Å². The van der Waals surface area contributed by atoms with Gasteiger partial charge in [0.25, 0.3) is 0 Å². The van der Waals surface area contributed by atoms with Crippen LogP contribution in [0.2, 0.25) is 0 Å². The quantitative estimate of drug-likeness (QED) is 0.0149. The number of nitrogens with zero attached hydrogens (tertiary/aromatic N) is 4. The van der Waals surface area contributed by atoms with E-state index in [1.165, 1.54) is 37.1 Å². The molecule has 0 radical (unpaired) electrons. The summed E-state index contributed by atoms with van der Waals surface area (Å²) in [5.74, 6) is -6.08. The summed E-state index contributed by atoms with van der Waals surface area (Å²) in [5, 5.41) is 38.7. The molecule has 4 aromatic carbocycles. The molecule has 0 spiro atoms. The number of benzene rings is 4. The van der Waals surface area contributed by atoms with Gasteiger partial charge in [-0.15, -0.1) is 0 Å². The monoisotopic (exact) mass is 1470 g/mol. The molecule has 0 aromatic heterocycles. The van der Waals surface area contributed by atoms with E-state index in [4.69, 9.17) is 24.7 Å². The molecule has 4 aromatic rings. The van der Waals surface area contributed by atoms with E-state index in [-0.39, 0.29) is 87.9 Å². The Labute approximate surface area is 623 Å². The minimum absolute atomic E-state index is 0.00413. The second-order valence-corrected chi connectivity index (χ2v) is 28.8. The molecular formula is C79H113N11O16. The first-order chi connectivity index (χ1) is 50.4. The number of primary amides is 1. The molecule has 0 bridgehead atoms. The van der Waals surface area contributed by atoms with Crippen LogP contribution in [0.4, 0.5) is 24.9 Å². The number of alkyl carbamates (subject to hydrolysis) is 1. The van der Waals surface area contributed by atoms with Crippen molar-refractivity contribution >= 4 is 65.4 Å². The van der Waals surface area contributed by atoms with Gasteiger partial charge >= 0.3 is 24.3 Å². The first-order valence-electron chi connectivity index (χ1n) is 36.7. The van der Waals surface area contributed by atoms with E-state index in [0.717, 1.165) is 27.2 Å². The number of amides is 11. The normalized spacial score (nSPS) is 16.4. The van der Waals surface area contributed by atoms with Gasteiger partial charge < -0.3 is 81.5 Å². The number of aliphatic hydroxyl groups is 1. The van der Waals surface area contributed by atoms with Gasteiger partial charge in [-0.3, -0.25) is 33.7 Å². The summed E-state index contributed by atoms with van der Waals surface area (Å²) in [6.45, 7) is 21.3. The van der Waals surface area contributed by atoms with E-state index >= 15 is 4.79 Å². The summed E-state index contributed by atoms with van der Waals surface area (Å²) in [6, 6.07) is 22.0. The molecule has 6 rings (SSSR count). The number of ether oxygens (including phenoxy) is 4. The van der Waals surface area contributed by atoms with Crippen LogP contribution in [0.5, 0.6) is 0 Å². The van der Waals surface area contributed by atoms with E-state index in [1.54, 1.807) is 97.7 Å². The van der Waals surface area contributed by atoms with Crippen molar-refractivity contribution in [1.82, 2.24) is 46.2 Å². The maximum absolute atomic E-state index is 15.1.